The maximum absolute atomic E-state index is 12.1. The van der Waals surface area contributed by atoms with Crippen molar-refractivity contribution in [2.75, 3.05) is 6.61 Å². The molecule has 2 bridgehead atoms. The minimum absolute atomic E-state index is 0.170. The Balaban J connectivity index is 1.93. The molecule has 0 aromatic rings. The summed E-state index contributed by atoms with van der Waals surface area (Å²) in [6, 6.07) is 0. The molecule has 17 heavy (non-hydrogen) atoms. The lowest BCUT2D eigenvalue weighted by Crippen LogP contribution is -2.35. The summed E-state index contributed by atoms with van der Waals surface area (Å²) in [5, 5.41) is 0. The van der Waals surface area contributed by atoms with Crippen molar-refractivity contribution in [3.8, 4) is 0 Å². The van der Waals surface area contributed by atoms with E-state index in [9.17, 15) is 9.59 Å². The van der Waals surface area contributed by atoms with E-state index < -0.39 is 5.41 Å². The summed E-state index contributed by atoms with van der Waals surface area (Å²) in [5.74, 6) is 0.0338. The van der Waals surface area contributed by atoms with E-state index in [2.05, 4.69) is 13.0 Å². The van der Waals surface area contributed by atoms with Crippen molar-refractivity contribution in [3.05, 3.63) is 12.2 Å². The molecule has 0 heterocycles. The lowest BCUT2D eigenvalue weighted by molar-refractivity contribution is -0.155. The van der Waals surface area contributed by atoms with Crippen molar-refractivity contribution in [1.82, 2.24) is 0 Å². The van der Waals surface area contributed by atoms with Gasteiger partial charge in [0.15, 0.2) is 0 Å². The van der Waals surface area contributed by atoms with Crippen LogP contribution >= 0.6 is 0 Å². The third kappa shape index (κ3) is 2.15. The van der Waals surface area contributed by atoms with Crippen molar-refractivity contribution < 1.29 is 14.3 Å². The van der Waals surface area contributed by atoms with Crippen LogP contribution in [-0.4, -0.2) is 18.9 Å². The molecule has 0 aliphatic heterocycles. The maximum Gasteiger partial charge on any atom is 0.316 e. The van der Waals surface area contributed by atoms with Crippen LogP contribution in [0.1, 0.15) is 39.0 Å². The molecular weight excluding hydrogens is 216 g/mol. The smallest absolute Gasteiger partial charge is 0.316 e. The number of allylic oxidation sites excluding steroid dienone is 1. The summed E-state index contributed by atoms with van der Waals surface area (Å²) < 4.78 is 5.33. The van der Waals surface area contributed by atoms with Crippen LogP contribution in [0.4, 0.5) is 0 Å². The van der Waals surface area contributed by atoms with E-state index in [0.29, 0.717) is 12.5 Å². The fourth-order valence-corrected chi connectivity index (χ4v) is 2.98. The lowest BCUT2D eigenvalue weighted by atomic mass is 9.79. The molecule has 3 nitrogen and oxygen atoms in total. The number of unbranched alkanes of at least 4 members (excludes halogenated alkanes) is 2. The van der Waals surface area contributed by atoms with Crippen molar-refractivity contribution in [2.45, 2.75) is 39.0 Å². The molecule has 3 heteroatoms. The predicted octanol–water partition coefficient (Wildman–Crippen LogP) is 2.50. The molecule has 2 rings (SSSR count). The first-order valence-electron chi connectivity index (χ1n) is 6.55. The molecule has 2 aliphatic rings. The predicted molar refractivity (Wildman–Crippen MR) is 64.3 cm³/mol. The van der Waals surface area contributed by atoms with Crippen molar-refractivity contribution in [1.29, 1.82) is 0 Å². The summed E-state index contributed by atoms with van der Waals surface area (Å²) >= 11 is 0. The Kier molecular flexibility index (Phi) is 3.65. The number of aldehydes is 1. The van der Waals surface area contributed by atoms with Crippen LogP contribution < -0.4 is 0 Å². The first-order valence-corrected chi connectivity index (χ1v) is 6.55. The zero-order valence-electron chi connectivity index (χ0n) is 10.4. The Bertz CT molecular complexity index is 334. The van der Waals surface area contributed by atoms with E-state index in [4.69, 9.17) is 4.74 Å². The van der Waals surface area contributed by atoms with E-state index in [1.165, 1.54) is 0 Å². The summed E-state index contributed by atoms with van der Waals surface area (Å²) in [4.78, 5) is 23.2. The van der Waals surface area contributed by atoms with Gasteiger partial charge < -0.3 is 9.53 Å². The molecular formula is C14H20O3. The Hall–Kier alpha value is -1.12. The first-order chi connectivity index (χ1) is 8.23. The van der Waals surface area contributed by atoms with Crippen LogP contribution in [0.15, 0.2) is 12.2 Å². The average molecular weight is 236 g/mol. The molecule has 94 valence electrons. The molecule has 0 N–H and O–H groups in total. The van der Waals surface area contributed by atoms with Gasteiger partial charge in [-0.3, -0.25) is 4.79 Å². The van der Waals surface area contributed by atoms with E-state index in [1.807, 2.05) is 6.08 Å². The van der Waals surface area contributed by atoms with Gasteiger partial charge in [-0.05, 0) is 25.2 Å². The third-order valence-electron chi connectivity index (χ3n) is 4.01. The maximum atomic E-state index is 12.1. The normalized spacial score (nSPS) is 33.9. The van der Waals surface area contributed by atoms with Crippen LogP contribution in [0.25, 0.3) is 0 Å². The molecule has 0 aromatic heterocycles. The highest BCUT2D eigenvalue weighted by molar-refractivity contribution is 5.85. The van der Waals surface area contributed by atoms with Crippen LogP contribution in [0.2, 0.25) is 0 Å². The summed E-state index contributed by atoms with van der Waals surface area (Å²) in [6.45, 7) is 2.60. The first kappa shape index (κ1) is 12.3. The van der Waals surface area contributed by atoms with Crippen LogP contribution in [0, 0.1) is 17.3 Å². The van der Waals surface area contributed by atoms with Gasteiger partial charge in [0.2, 0.25) is 0 Å². The summed E-state index contributed by atoms with van der Waals surface area (Å²) in [7, 11) is 0. The third-order valence-corrected chi connectivity index (χ3v) is 4.01. The second-order valence-electron chi connectivity index (χ2n) is 5.18. The van der Waals surface area contributed by atoms with Crippen LogP contribution in [0.3, 0.4) is 0 Å². The van der Waals surface area contributed by atoms with Gasteiger partial charge in [0.05, 0.1) is 12.0 Å². The van der Waals surface area contributed by atoms with Gasteiger partial charge in [0.1, 0.15) is 6.29 Å². The SMILES string of the molecule is CCCCCOC(=O)C12C=CC(CC1C=O)C2. The molecule has 1 saturated carbocycles. The monoisotopic (exact) mass is 236 g/mol. The fourth-order valence-electron chi connectivity index (χ4n) is 2.98. The highest BCUT2D eigenvalue weighted by Gasteiger charge is 2.54. The van der Waals surface area contributed by atoms with Gasteiger partial charge in [-0.1, -0.05) is 31.9 Å². The van der Waals surface area contributed by atoms with Gasteiger partial charge in [-0.25, -0.2) is 0 Å². The minimum atomic E-state index is -0.626. The Morgan fingerprint density at radius 3 is 3.00 bits per heavy atom. The lowest BCUT2D eigenvalue weighted by Gasteiger charge is -2.26. The zero-order chi connectivity index (χ0) is 12.3. The van der Waals surface area contributed by atoms with Gasteiger partial charge in [0.25, 0.3) is 0 Å². The highest BCUT2D eigenvalue weighted by atomic mass is 16.5. The Labute approximate surface area is 102 Å². The number of esters is 1. The van der Waals surface area contributed by atoms with Gasteiger partial charge in [-0.2, -0.15) is 0 Å². The van der Waals surface area contributed by atoms with Gasteiger partial charge in [-0.15, -0.1) is 0 Å². The molecule has 0 aromatic carbocycles. The van der Waals surface area contributed by atoms with E-state index in [0.717, 1.165) is 38.4 Å². The topological polar surface area (TPSA) is 43.4 Å². The number of ether oxygens (including phenoxy) is 1. The van der Waals surface area contributed by atoms with Crippen molar-refractivity contribution in [2.24, 2.45) is 17.3 Å². The summed E-state index contributed by atoms with van der Waals surface area (Å²) in [6.07, 6.45) is 9.58. The molecule has 0 spiro atoms. The molecule has 1 fully saturated rings. The van der Waals surface area contributed by atoms with Crippen LogP contribution in [-0.2, 0) is 14.3 Å². The molecule has 0 radical (unpaired) electrons. The second kappa shape index (κ2) is 5.03. The number of carbonyl (C=O) groups excluding carboxylic acids is 2. The Morgan fingerprint density at radius 1 is 1.53 bits per heavy atom. The van der Waals surface area contributed by atoms with Gasteiger partial charge in [0, 0.05) is 5.92 Å². The van der Waals surface area contributed by atoms with E-state index in [1.54, 1.807) is 0 Å². The average Bonchev–Trinajstić information content (AvgIpc) is 2.92. The number of carbonyl (C=O) groups is 2. The van der Waals surface area contributed by atoms with Crippen molar-refractivity contribution >= 4 is 12.3 Å². The van der Waals surface area contributed by atoms with Gasteiger partial charge >= 0.3 is 5.97 Å². The number of rotatable bonds is 6. The second-order valence-corrected chi connectivity index (χ2v) is 5.18. The van der Waals surface area contributed by atoms with E-state index in [-0.39, 0.29) is 11.9 Å². The quantitative estimate of drug-likeness (QED) is 0.308. The van der Waals surface area contributed by atoms with E-state index >= 15 is 0 Å². The molecule has 3 atom stereocenters. The zero-order valence-corrected chi connectivity index (χ0v) is 10.4. The molecule has 0 amide bonds. The fraction of sp³-hybridized carbons (Fsp3) is 0.714. The van der Waals surface area contributed by atoms with Crippen molar-refractivity contribution in [3.63, 3.8) is 0 Å². The molecule has 0 saturated heterocycles. The number of fused-ring (bicyclic) bond motifs is 2. The molecule has 2 aliphatic carbocycles. The highest BCUT2D eigenvalue weighted by Crippen LogP contribution is 2.53. The largest absolute Gasteiger partial charge is 0.465 e. The van der Waals surface area contributed by atoms with Crippen LogP contribution in [0.5, 0.6) is 0 Å². The summed E-state index contributed by atoms with van der Waals surface area (Å²) in [5.41, 5.74) is -0.626. The molecule has 3 unspecified atom stereocenters. The minimum Gasteiger partial charge on any atom is -0.465 e. The number of hydrogen-bond donors (Lipinski definition) is 0. The number of hydrogen-bond acceptors (Lipinski definition) is 3. The Morgan fingerprint density at radius 2 is 2.35 bits per heavy atom. The standard InChI is InChI=1S/C14H20O3/c1-2-3-4-7-17-13(16)14-6-5-11(9-14)8-12(14)10-15/h5-6,10-12H,2-4,7-9H2,1H3.